The standard InChI is InChI=1S/C30H39N5O6/c1-29(2,3)40-24(36)11-10-23(26(31)37)35-17-20-14-18(8-9-21(20)27(35)38)22-15-32-33(7)25(22)19-12-13-34(16-19)28(39)41-30(4,5)6/h8-9,12,14-15,23H,10-11,13,16-17H2,1-7H3,(H2,31,37). The average molecular weight is 566 g/mol. The molecular weight excluding hydrogens is 526 g/mol. The summed E-state index contributed by atoms with van der Waals surface area (Å²) in [6, 6.07) is 4.57. The molecule has 0 spiro atoms. The number of amides is 3. The Morgan fingerprint density at radius 1 is 1.02 bits per heavy atom. The summed E-state index contributed by atoms with van der Waals surface area (Å²) in [6.07, 6.45) is 3.41. The predicted octanol–water partition coefficient (Wildman–Crippen LogP) is 3.65. The van der Waals surface area contributed by atoms with Crippen molar-refractivity contribution >= 4 is 29.5 Å². The van der Waals surface area contributed by atoms with Gasteiger partial charge in [0.1, 0.15) is 17.2 Å². The summed E-state index contributed by atoms with van der Waals surface area (Å²) in [5.74, 6) is -1.43. The first-order chi connectivity index (χ1) is 19.0. The molecule has 2 N–H and O–H groups in total. The van der Waals surface area contributed by atoms with Crippen LogP contribution in [0.5, 0.6) is 0 Å². The smallest absolute Gasteiger partial charge is 0.410 e. The van der Waals surface area contributed by atoms with E-state index < -0.39 is 29.1 Å². The molecule has 1 atom stereocenters. The first-order valence-corrected chi connectivity index (χ1v) is 13.7. The number of esters is 1. The molecule has 0 radical (unpaired) electrons. The van der Waals surface area contributed by atoms with Gasteiger partial charge in [-0.2, -0.15) is 5.10 Å². The van der Waals surface area contributed by atoms with Crippen LogP contribution in [0.1, 0.15) is 76.0 Å². The Morgan fingerprint density at radius 3 is 2.34 bits per heavy atom. The van der Waals surface area contributed by atoms with Crippen molar-refractivity contribution in [3.8, 4) is 11.1 Å². The Balaban J connectivity index is 1.52. The third kappa shape index (κ3) is 6.78. The van der Waals surface area contributed by atoms with Crippen LogP contribution in [0, 0.1) is 0 Å². The van der Waals surface area contributed by atoms with Gasteiger partial charge < -0.3 is 25.0 Å². The molecule has 11 heteroatoms. The van der Waals surface area contributed by atoms with Crippen LogP contribution >= 0.6 is 0 Å². The van der Waals surface area contributed by atoms with Gasteiger partial charge in [-0.1, -0.05) is 12.1 Å². The second-order valence-electron chi connectivity index (χ2n) is 12.5. The summed E-state index contributed by atoms with van der Waals surface area (Å²) in [5.41, 5.74) is 9.18. The van der Waals surface area contributed by atoms with Crippen molar-refractivity contribution in [3.05, 3.63) is 47.3 Å². The van der Waals surface area contributed by atoms with Crippen molar-refractivity contribution in [3.63, 3.8) is 0 Å². The molecule has 2 aliphatic heterocycles. The number of rotatable bonds is 7. The fraction of sp³-hybridized carbons (Fsp3) is 0.500. The van der Waals surface area contributed by atoms with Crippen LogP contribution in [-0.4, -0.2) is 73.8 Å². The highest BCUT2D eigenvalue weighted by atomic mass is 16.6. The topological polar surface area (TPSA) is 137 Å². The van der Waals surface area contributed by atoms with Crippen molar-refractivity contribution in [2.75, 3.05) is 13.1 Å². The molecule has 2 aliphatic rings. The van der Waals surface area contributed by atoms with E-state index in [-0.39, 0.29) is 31.4 Å². The van der Waals surface area contributed by atoms with Crippen LogP contribution < -0.4 is 5.73 Å². The van der Waals surface area contributed by atoms with Gasteiger partial charge in [-0.3, -0.25) is 19.1 Å². The maximum atomic E-state index is 13.3. The number of hydrogen-bond acceptors (Lipinski definition) is 7. The molecule has 0 saturated carbocycles. The highest BCUT2D eigenvalue weighted by Crippen LogP contribution is 2.35. The van der Waals surface area contributed by atoms with Crippen LogP contribution in [0.3, 0.4) is 0 Å². The van der Waals surface area contributed by atoms with Crippen LogP contribution in [-0.2, 0) is 32.7 Å². The van der Waals surface area contributed by atoms with E-state index in [2.05, 4.69) is 5.10 Å². The molecule has 3 heterocycles. The monoisotopic (exact) mass is 565 g/mol. The van der Waals surface area contributed by atoms with Crippen LogP contribution in [0.15, 0.2) is 30.5 Å². The minimum atomic E-state index is -0.942. The molecule has 3 amide bonds. The zero-order valence-electron chi connectivity index (χ0n) is 24.8. The maximum absolute atomic E-state index is 13.3. The fourth-order valence-corrected chi connectivity index (χ4v) is 5.08. The summed E-state index contributed by atoms with van der Waals surface area (Å²) in [5, 5.41) is 4.47. The van der Waals surface area contributed by atoms with Gasteiger partial charge >= 0.3 is 12.1 Å². The molecule has 0 saturated heterocycles. The van der Waals surface area contributed by atoms with Gasteiger partial charge in [0, 0.05) is 37.7 Å². The van der Waals surface area contributed by atoms with Gasteiger partial charge in [0.2, 0.25) is 5.91 Å². The highest BCUT2D eigenvalue weighted by molar-refractivity contribution is 6.01. The summed E-state index contributed by atoms with van der Waals surface area (Å²) >= 11 is 0. The van der Waals surface area contributed by atoms with Gasteiger partial charge in [-0.25, -0.2) is 4.79 Å². The number of benzene rings is 1. The van der Waals surface area contributed by atoms with Gasteiger partial charge in [0.15, 0.2) is 0 Å². The Labute approximate surface area is 240 Å². The number of aryl methyl sites for hydroxylation is 1. The number of aromatic nitrogens is 2. The van der Waals surface area contributed by atoms with Gasteiger partial charge in [0.25, 0.3) is 5.91 Å². The Hall–Kier alpha value is -4.15. The van der Waals surface area contributed by atoms with E-state index in [1.165, 1.54) is 4.90 Å². The summed E-state index contributed by atoms with van der Waals surface area (Å²) in [6.45, 7) is 11.8. The Kier molecular flexibility index (Phi) is 8.02. The first kappa shape index (κ1) is 29.8. The van der Waals surface area contributed by atoms with E-state index >= 15 is 0 Å². The Morgan fingerprint density at radius 2 is 1.71 bits per heavy atom. The highest BCUT2D eigenvalue weighted by Gasteiger charge is 2.36. The normalized spacial score (nSPS) is 16.0. The molecule has 220 valence electrons. The average Bonchev–Trinajstić information content (AvgIpc) is 3.54. The quantitative estimate of drug-likeness (QED) is 0.506. The van der Waals surface area contributed by atoms with Crippen LogP contribution in [0.4, 0.5) is 4.79 Å². The Bertz CT molecular complexity index is 1410. The van der Waals surface area contributed by atoms with Crippen molar-refractivity contribution in [1.29, 1.82) is 0 Å². The van der Waals surface area contributed by atoms with Crippen LogP contribution in [0.2, 0.25) is 0 Å². The lowest BCUT2D eigenvalue weighted by Gasteiger charge is -2.25. The third-order valence-corrected chi connectivity index (χ3v) is 6.81. The lowest BCUT2D eigenvalue weighted by Crippen LogP contribution is -2.45. The molecule has 2 aromatic rings. The maximum Gasteiger partial charge on any atom is 0.410 e. The molecule has 1 aromatic heterocycles. The largest absolute Gasteiger partial charge is 0.460 e. The third-order valence-electron chi connectivity index (χ3n) is 6.81. The number of carbonyl (C=O) groups is 4. The van der Waals surface area contributed by atoms with E-state index in [0.717, 1.165) is 28.0 Å². The summed E-state index contributed by atoms with van der Waals surface area (Å²) in [4.78, 5) is 53.5. The molecule has 0 bridgehead atoms. The SMILES string of the molecule is Cn1ncc(-c2ccc3c(c2)CN(C(CCC(=O)OC(C)(C)C)C(N)=O)C3=O)c1C1=CCN(C(=O)OC(C)(C)C)C1. The second kappa shape index (κ2) is 11.0. The fourth-order valence-electron chi connectivity index (χ4n) is 5.08. The second-order valence-corrected chi connectivity index (χ2v) is 12.5. The molecule has 4 rings (SSSR count). The number of ether oxygens (including phenoxy) is 2. The first-order valence-electron chi connectivity index (χ1n) is 13.7. The zero-order chi connectivity index (χ0) is 30.3. The number of nitrogens with two attached hydrogens (primary N) is 1. The molecule has 0 fully saturated rings. The van der Waals surface area contributed by atoms with E-state index in [9.17, 15) is 19.2 Å². The van der Waals surface area contributed by atoms with E-state index in [1.54, 1.807) is 42.6 Å². The van der Waals surface area contributed by atoms with E-state index in [4.69, 9.17) is 15.2 Å². The number of fused-ring (bicyclic) bond motifs is 1. The molecular formula is C30H39N5O6. The summed E-state index contributed by atoms with van der Waals surface area (Å²) < 4.78 is 12.6. The number of primary amides is 1. The molecule has 41 heavy (non-hydrogen) atoms. The molecule has 0 aliphatic carbocycles. The van der Waals surface area contributed by atoms with Gasteiger partial charge in [0.05, 0.1) is 18.4 Å². The van der Waals surface area contributed by atoms with Crippen molar-refractivity contribution in [1.82, 2.24) is 19.6 Å². The lowest BCUT2D eigenvalue weighted by molar-refractivity contribution is -0.155. The summed E-state index contributed by atoms with van der Waals surface area (Å²) in [7, 11) is 1.84. The molecule has 1 aromatic carbocycles. The molecule has 11 nitrogen and oxygen atoms in total. The number of nitrogens with zero attached hydrogens (tertiary/aromatic N) is 4. The van der Waals surface area contributed by atoms with Gasteiger partial charge in [-0.15, -0.1) is 0 Å². The predicted molar refractivity (Wildman–Crippen MR) is 152 cm³/mol. The van der Waals surface area contributed by atoms with Gasteiger partial charge in [-0.05, 0) is 76.8 Å². The molecule has 1 unspecified atom stereocenters. The van der Waals surface area contributed by atoms with Crippen molar-refractivity contribution in [2.45, 2.75) is 78.2 Å². The van der Waals surface area contributed by atoms with Crippen molar-refractivity contribution in [2.24, 2.45) is 12.8 Å². The van der Waals surface area contributed by atoms with Crippen molar-refractivity contribution < 1.29 is 28.7 Å². The minimum Gasteiger partial charge on any atom is -0.460 e. The van der Waals surface area contributed by atoms with E-state index in [1.807, 2.05) is 46.0 Å². The zero-order valence-corrected chi connectivity index (χ0v) is 24.8. The van der Waals surface area contributed by atoms with E-state index in [0.29, 0.717) is 18.7 Å². The lowest BCUT2D eigenvalue weighted by atomic mass is 9.98. The number of carbonyl (C=O) groups excluding carboxylic acids is 4. The minimum absolute atomic E-state index is 0.0370. The number of hydrogen-bond donors (Lipinski definition) is 1. The van der Waals surface area contributed by atoms with Crippen LogP contribution in [0.25, 0.3) is 16.7 Å².